The summed E-state index contributed by atoms with van der Waals surface area (Å²) >= 11 is 3.42. The first kappa shape index (κ1) is 17.0. The van der Waals surface area contributed by atoms with Gasteiger partial charge in [0.05, 0.1) is 6.42 Å². The highest BCUT2D eigenvalue weighted by Crippen LogP contribution is 2.23. The molecule has 0 radical (unpaired) electrons. The zero-order valence-corrected chi connectivity index (χ0v) is 14.7. The van der Waals surface area contributed by atoms with Crippen LogP contribution >= 0.6 is 15.9 Å². The number of ether oxygens (including phenoxy) is 1. The van der Waals surface area contributed by atoms with Crippen molar-refractivity contribution in [1.82, 2.24) is 9.88 Å². The van der Waals surface area contributed by atoms with E-state index in [9.17, 15) is 9.59 Å². The Morgan fingerprint density at radius 3 is 2.75 bits per heavy atom. The first-order valence-corrected chi connectivity index (χ1v) is 8.72. The molecule has 6 nitrogen and oxygen atoms in total. The molecule has 3 rings (SSSR count). The maximum atomic E-state index is 13.0. The minimum absolute atomic E-state index is 0.0174. The van der Waals surface area contributed by atoms with Gasteiger partial charge in [-0.3, -0.25) is 9.59 Å². The standard InChI is InChI=1S/C17H19BrN2O4/c18-12-2-1-11-9-15(19-14(11)10-12)17(23)20(6-3-16(21)22)13-4-7-24-8-5-13/h1-2,9-10,13,19H,3-8H2,(H,21,22). The molecule has 0 atom stereocenters. The number of benzene rings is 1. The summed E-state index contributed by atoms with van der Waals surface area (Å²) in [5.41, 5.74) is 1.36. The average Bonchev–Trinajstić information content (AvgIpc) is 2.98. The van der Waals surface area contributed by atoms with Gasteiger partial charge in [-0.1, -0.05) is 22.0 Å². The fourth-order valence-corrected chi connectivity index (χ4v) is 3.39. The lowest BCUT2D eigenvalue weighted by Crippen LogP contribution is -2.44. The van der Waals surface area contributed by atoms with Crippen molar-refractivity contribution in [2.24, 2.45) is 0 Å². The van der Waals surface area contributed by atoms with E-state index in [4.69, 9.17) is 9.84 Å². The van der Waals surface area contributed by atoms with Gasteiger partial charge in [-0.25, -0.2) is 0 Å². The van der Waals surface area contributed by atoms with E-state index < -0.39 is 5.97 Å². The van der Waals surface area contributed by atoms with E-state index in [1.165, 1.54) is 0 Å². The number of aliphatic carboxylic acids is 1. The Labute approximate surface area is 147 Å². The summed E-state index contributed by atoms with van der Waals surface area (Å²) in [7, 11) is 0. The lowest BCUT2D eigenvalue weighted by atomic mass is 10.1. The number of carbonyl (C=O) groups is 2. The van der Waals surface area contributed by atoms with E-state index in [1.54, 1.807) is 4.90 Å². The topological polar surface area (TPSA) is 82.6 Å². The highest BCUT2D eigenvalue weighted by Gasteiger charge is 2.28. The van der Waals surface area contributed by atoms with E-state index in [-0.39, 0.29) is 24.9 Å². The number of halogens is 1. The lowest BCUT2D eigenvalue weighted by Gasteiger charge is -2.33. The smallest absolute Gasteiger partial charge is 0.305 e. The largest absolute Gasteiger partial charge is 0.481 e. The summed E-state index contributed by atoms with van der Waals surface area (Å²) < 4.78 is 6.29. The summed E-state index contributed by atoms with van der Waals surface area (Å²) in [6, 6.07) is 7.61. The van der Waals surface area contributed by atoms with Crippen molar-refractivity contribution in [2.75, 3.05) is 19.8 Å². The molecule has 1 amide bonds. The molecule has 0 aliphatic carbocycles. The lowest BCUT2D eigenvalue weighted by molar-refractivity contribution is -0.137. The maximum Gasteiger partial charge on any atom is 0.305 e. The normalized spacial score (nSPS) is 15.5. The van der Waals surface area contributed by atoms with Crippen LogP contribution in [0.4, 0.5) is 0 Å². The average molecular weight is 395 g/mol. The van der Waals surface area contributed by atoms with Gasteiger partial charge < -0.3 is 19.7 Å². The van der Waals surface area contributed by atoms with E-state index in [0.717, 1.165) is 28.2 Å². The number of fused-ring (bicyclic) bond motifs is 1. The van der Waals surface area contributed by atoms with Crippen LogP contribution in [-0.2, 0) is 9.53 Å². The number of hydrogen-bond acceptors (Lipinski definition) is 3. The number of rotatable bonds is 5. The van der Waals surface area contributed by atoms with Crippen LogP contribution in [0.2, 0.25) is 0 Å². The Morgan fingerprint density at radius 1 is 1.29 bits per heavy atom. The minimum atomic E-state index is -0.902. The van der Waals surface area contributed by atoms with Crippen LogP contribution in [0.25, 0.3) is 10.9 Å². The molecule has 2 heterocycles. The van der Waals surface area contributed by atoms with Crippen molar-refractivity contribution in [3.8, 4) is 0 Å². The molecule has 128 valence electrons. The van der Waals surface area contributed by atoms with Gasteiger partial charge in [0.2, 0.25) is 0 Å². The SMILES string of the molecule is O=C(O)CCN(C(=O)c1cc2ccc(Br)cc2[nH]1)C1CCOCC1. The predicted molar refractivity (Wildman–Crippen MR) is 93.1 cm³/mol. The van der Waals surface area contributed by atoms with Crippen molar-refractivity contribution in [1.29, 1.82) is 0 Å². The number of amides is 1. The van der Waals surface area contributed by atoms with Crippen molar-refractivity contribution in [2.45, 2.75) is 25.3 Å². The van der Waals surface area contributed by atoms with Gasteiger partial charge in [0.1, 0.15) is 5.69 Å². The van der Waals surface area contributed by atoms with Gasteiger partial charge in [-0.15, -0.1) is 0 Å². The van der Waals surface area contributed by atoms with Gasteiger partial charge in [-0.05, 0) is 31.0 Å². The van der Waals surface area contributed by atoms with Crippen molar-refractivity contribution >= 4 is 38.7 Å². The quantitative estimate of drug-likeness (QED) is 0.816. The zero-order chi connectivity index (χ0) is 17.1. The molecule has 1 aromatic carbocycles. The number of aromatic nitrogens is 1. The number of carboxylic acid groups (broad SMARTS) is 1. The van der Waals surface area contributed by atoms with Crippen LogP contribution in [0.3, 0.4) is 0 Å². The fourth-order valence-electron chi connectivity index (χ4n) is 3.03. The molecular weight excluding hydrogens is 376 g/mol. The Hall–Kier alpha value is -1.86. The van der Waals surface area contributed by atoms with E-state index in [1.807, 2.05) is 24.3 Å². The molecular formula is C17H19BrN2O4. The third-order valence-corrected chi connectivity index (χ3v) is 4.77. The molecule has 0 unspecified atom stereocenters. The maximum absolute atomic E-state index is 13.0. The molecule has 2 aromatic rings. The van der Waals surface area contributed by atoms with Gasteiger partial charge in [0.15, 0.2) is 0 Å². The van der Waals surface area contributed by atoms with Gasteiger partial charge >= 0.3 is 5.97 Å². The van der Waals surface area contributed by atoms with Gasteiger partial charge in [0, 0.05) is 41.2 Å². The summed E-state index contributed by atoms with van der Waals surface area (Å²) in [5, 5.41) is 9.93. The predicted octanol–water partition coefficient (Wildman–Crippen LogP) is 3.03. The first-order valence-electron chi connectivity index (χ1n) is 7.93. The first-order chi connectivity index (χ1) is 11.5. The molecule has 24 heavy (non-hydrogen) atoms. The third-order valence-electron chi connectivity index (χ3n) is 4.27. The monoisotopic (exact) mass is 394 g/mol. The number of carbonyl (C=O) groups excluding carboxylic acids is 1. The summed E-state index contributed by atoms with van der Waals surface area (Å²) in [4.78, 5) is 28.7. The molecule has 7 heteroatoms. The summed E-state index contributed by atoms with van der Waals surface area (Å²) in [6.45, 7) is 1.40. The Balaban J connectivity index is 1.86. The molecule has 1 fully saturated rings. The molecule has 0 bridgehead atoms. The molecule has 1 saturated heterocycles. The van der Waals surface area contributed by atoms with E-state index in [2.05, 4.69) is 20.9 Å². The van der Waals surface area contributed by atoms with E-state index >= 15 is 0 Å². The minimum Gasteiger partial charge on any atom is -0.481 e. The molecule has 2 N–H and O–H groups in total. The second-order valence-corrected chi connectivity index (χ2v) is 6.82. The number of nitrogens with one attached hydrogen (secondary N) is 1. The van der Waals surface area contributed by atoms with Gasteiger partial charge in [0.25, 0.3) is 5.91 Å². The summed E-state index contributed by atoms with van der Waals surface area (Å²) in [5.74, 6) is -1.06. The number of hydrogen-bond donors (Lipinski definition) is 2. The Kier molecular flexibility index (Phi) is 5.20. The molecule has 1 aromatic heterocycles. The molecule has 0 saturated carbocycles. The van der Waals surface area contributed by atoms with E-state index in [0.29, 0.717) is 18.9 Å². The second kappa shape index (κ2) is 7.36. The zero-order valence-electron chi connectivity index (χ0n) is 13.1. The highest BCUT2D eigenvalue weighted by molar-refractivity contribution is 9.10. The van der Waals surface area contributed by atoms with Crippen molar-refractivity contribution < 1.29 is 19.4 Å². The number of carboxylic acids is 1. The Morgan fingerprint density at radius 2 is 2.04 bits per heavy atom. The van der Waals surface area contributed by atoms with Crippen molar-refractivity contribution in [3.63, 3.8) is 0 Å². The van der Waals surface area contributed by atoms with Crippen LogP contribution in [-0.4, -0.2) is 52.7 Å². The second-order valence-electron chi connectivity index (χ2n) is 5.90. The molecule has 0 spiro atoms. The molecule has 1 aliphatic heterocycles. The van der Waals surface area contributed by atoms with Gasteiger partial charge in [-0.2, -0.15) is 0 Å². The van der Waals surface area contributed by atoms with Crippen molar-refractivity contribution in [3.05, 3.63) is 34.4 Å². The van der Waals surface area contributed by atoms with Crippen LogP contribution in [0.5, 0.6) is 0 Å². The fraction of sp³-hybridized carbons (Fsp3) is 0.412. The number of aromatic amines is 1. The Bertz CT molecular complexity index is 752. The van der Waals surface area contributed by atoms with Crippen LogP contribution < -0.4 is 0 Å². The van der Waals surface area contributed by atoms with Crippen LogP contribution in [0.15, 0.2) is 28.7 Å². The third kappa shape index (κ3) is 3.79. The number of nitrogens with zero attached hydrogens (tertiary/aromatic N) is 1. The molecule has 1 aliphatic rings. The highest BCUT2D eigenvalue weighted by atomic mass is 79.9. The number of H-pyrrole nitrogens is 1. The van der Waals surface area contributed by atoms with Crippen LogP contribution in [0, 0.1) is 0 Å². The van der Waals surface area contributed by atoms with Crippen LogP contribution in [0.1, 0.15) is 29.8 Å². The summed E-state index contributed by atoms with van der Waals surface area (Å²) in [6.07, 6.45) is 1.41.